The molecule has 0 N–H and O–H groups in total. The molecule has 1 aromatic rings. The smallest absolute Gasteiger partial charge is 0.325 e. The molecule has 0 aliphatic rings. The number of benzene rings is 1. The molecule has 0 radical (unpaired) electrons. The molecule has 1 rings (SSSR count). The zero-order chi connectivity index (χ0) is 14.5. The highest BCUT2D eigenvalue weighted by molar-refractivity contribution is 5.79. The first-order valence-corrected chi connectivity index (χ1v) is 6.34. The van der Waals surface area contributed by atoms with Crippen molar-refractivity contribution in [3.05, 3.63) is 29.8 Å². The summed E-state index contributed by atoms with van der Waals surface area (Å²) in [6.07, 6.45) is 0.855. The van der Waals surface area contributed by atoms with Crippen LogP contribution in [0.25, 0.3) is 0 Å². The normalized spacial score (nSPS) is 11.5. The minimum Gasteiger partial charge on any atom is -0.497 e. The topological polar surface area (TPSA) is 38.8 Å². The first-order valence-electron chi connectivity index (χ1n) is 6.34. The van der Waals surface area contributed by atoms with Gasteiger partial charge in [0.1, 0.15) is 11.3 Å². The molecule has 0 aromatic heterocycles. The van der Waals surface area contributed by atoms with Gasteiger partial charge < -0.3 is 9.47 Å². The van der Waals surface area contributed by atoms with E-state index in [1.165, 1.54) is 12.7 Å². The van der Waals surface area contributed by atoms with Crippen LogP contribution in [0.5, 0.6) is 5.75 Å². The molecule has 0 atom stereocenters. The number of methoxy groups -OCH3 is 2. The monoisotopic (exact) mass is 265 g/mol. The van der Waals surface area contributed by atoms with Crippen molar-refractivity contribution in [1.82, 2.24) is 4.90 Å². The fraction of sp³-hybridized carbons (Fsp3) is 0.533. The number of rotatable bonds is 6. The quantitative estimate of drug-likeness (QED) is 0.739. The molecule has 0 saturated heterocycles. The largest absolute Gasteiger partial charge is 0.497 e. The highest BCUT2D eigenvalue weighted by Gasteiger charge is 2.32. The van der Waals surface area contributed by atoms with E-state index in [0.717, 1.165) is 18.7 Å². The van der Waals surface area contributed by atoms with Crippen LogP contribution in [0.4, 0.5) is 0 Å². The van der Waals surface area contributed by atoms with E-state index < -0.39 is 5.54 Å². The summed E-state index contributed by atoms with van der Waals surface area (Å²) >= 11 is 0. The van der Waals surface area contributed by atoms with Crippen molar-refractivity contribution in [2.45, 2.75) is 25.8 Å². The maximum absolute atomic E-state index is 11.7. The molecular weight excluding hydrogens is 242 g/mol. The molecule has 1 aromatic carbocycles. The minimum absolute atomic E-state index is 0.222. The third-order valence-electron chi connectivity index (χ3n) is 3.51. The lowest BCUT2D eigenvalue weighted by atomic mass is 10.0. The summed E-state index contributed by atoms with van der Waals surface area (Å²) in [5.41, 5.74) is 0.569. The highest BCUT2D eigenvalue weighted by Crippen LogP contribution is 2.17. The summed E-state index contributed by atoms with van der Waals surface area (Å²) in [6, 6.07) is 7.96. The van der Waals surface area contributed by atoms with Gasteiger partial charge in [-0.15, -0.1) is 0 Å². The lowest BCUT2D eigenvalue weighted by Crippen LogP contribution is -2.49. The lowest BCUT2D eigenvalue weighted by molar-refractivity contribution is -0.152. The number of likely N-dealkylation sites (N-methyl/N-ethyl adjacent to an activating group) is 1. The summed E-state index contributed by atoms with van der Waals surface area (Å²) in [4.78, 5) is 13.7. The summed E-state index contributed by atoms with van der Waals surface area (Å²) in [6.45, 7) is 4.50. The van der Waals surface area contributed by atoms with E-state index in [1.807, 2.05) is 44.0 Å². The molecule has 0 spiro atoms. The Kier molecular flexibility index (Phi) is 5.36. The van der Waals surface area contributed by atoms with Crippen LogP contribution >= 0.6 is 0 Å². The van der Waals surface area contributed by atoms with E-state index in [2.05, 4.69) is 6.07 Å². The van der Waals surface area contributed by atoms with Gasteiger partial charge in [0.15, 0.2) is 0 Å². The number of ether oxygens (including phenoxy) is 2. The van der Waals surface area contributed by atoms with Crippen LogP contribution in [-0.2, 0) is 16.0 Å². The van der Waals surface area contributed by atoms with Gasteiger partial charge in [-0.25, -0.2) is 0 Å². The molecule has 19 heavy (non-hydrogen) atoms. The van der Waals surface area contributed by atoms with Gasteiger partial charge in [-0.1, -0.05) is 12.1 Å². The summed E-state index contributed by atoms with van der Waals surface area (Å²) in [5.74, 6) is 0.632. The molecule has 0 heterocycles. The van der Waals surface area contributed by atoms with E-state index in [0.29, 0.717) is 0 Å². The van der Waals surface area contributed by atoms with E-state index in [1.54, 1.807) is 7.11 Å². The summed E-state index contributed by atoms with van der Waals surface area (Å²) < 4.78 is 10.0. The Morgan fingerprint density at radius 2 is 2.00 bits per heavy atom. The zero-order valence-corrected chi connectivity index (χ0v) is 12.4. The third-order valence-corrected chi connectivity index (χ3v) is 3.51. The Morgan fingerprint density at radius 3 is 2.58 bits per heavy atom. The molecule has 0 aliphatic carbocycles. The molecule has 106 valence electrons. The van der Waals surface area contributed by atoms with Crippen LogP contribution < -0.4 is 4.74 Å². The molecule has 4 nitrogen and oxygen atoms in total. The number of esters is 1. The minimum atomic E-state index is -0.617. The van der Waals surface area contributed by atoms with E-state index in [9.17, 15) is 4.79 Å². The zero-order valence-electron chi connectivity index (χ0n) is 12.4. The van der Waals surface area contributed by atoms with Gasteiger partial charge in [-0.05, 0) is 45.0 Å². The van der Waals surface area contributed by atoms with Crippen molar-refractivity contribution in [2.24, 2.45) is 0 Å². The molecule has 0 fully saturated rings. The van der Waals surface area contributed by atoms with Gasteiger partial charge in [-0.3, -0.25) is 9.69 Å². The van der Waals surface area contributed by atoms with Crippen LogP contribution in [-0.4, -0.2) is 44.2 Å². The summed E-state index contributed by atoms with van der Waals surface area (Å²) in [7, 11) is 5.00. The van der Waals surface area contributed by atoms with E-state index in [4.69, 9.17) is 9.47 Å². The molecule has 0 saturated carbocycles. The Bertz CT molecular complexity index is 429. The van der Waals surface area contributed by atoms with Gasteiger partial charge in [0.25, 0.3) is 0 Å². The Labute approximate surface area is 115 Å². The van der Waals surface area contributed by atoms with Crippen molar-refractivity contribution in [2.75, 3.05) is 27.8 Å². The first-order chi connectivity index (χ1) is 8.91. The van der Waals surface area contributed by atoms with Gasteiger partial charge >= 0.3 is 5.97 Å². The van der Waals surface area contributed by atoms with Crippen molar-refractivity contribution < 1.29 is 14.3 Å². The molecule has 0 unspecified atom stereocenters. The molecule has 0 amide bonds. The second kappa shape index (κ2) is 6.57. The van der Waals surface area contributed by atoms with Crippen LogP contribution in [0.3, 0.4) is 0 Å². The van der Waals surface area contributed by atoms with Gasteiger partial charge in [0, 0.05) is 6.54 Å². The Hall–Kier alpha value is -1.55. The van der Waals surface area contributed by atoms with Crippen LogP contribution in [0.1, 0.15) is 19.4 Å². The maximum Gasteiger partial charge on any atom is 0.325 e. The van der Waals surface area contributed by atoms with Crippen molar-refractivity contribution in [3.63, 3.8) is 0 Å². The fourth-order valence-electron chi connectivity index (χ4n) is 1.81. The number of carbonyl (C=O) groups is 1. The van der Waals surface area contributed by atoms with E-state index in [-0.39, 0.29) is 5.97 Å². The highest BCUT2D eigenvalue weighted by atomic mass is 16.5. The first kappa shape index (κ1) is 15.5. The Balaban J connectivity index is 2.63. The number of hydrogen-bond acceptors (Lipinski definition) is 4. The van der Waals surface area contributed by atoms with Crippen molar-refractivity contribution in [3.8, 4) is 5.75 Å². The Morgan fingerprint density at radius 1 is 1.32 bits per heavy atom. The maximum atomic E-state index is 11.7. The number of nitrogens with zero attached hydrogens (tertiary/aromatic N) is 1. The van der Waals surface area contributed by atoms with Crippen molar-refractivity contribution >= 4 is 5.97 Å². The molecule has 0 bridgehead atoms. The second-order valence-electron chi connectivity index (χ2n) is 5.07. The van der Waals surface area contributed by atoms with Gasteiger partial charge in [0.2, 0.25) is 0 Å². The SMILES string of the molecule is COC(=O)C(C)(C)N(C)CCc1cccc(OC)c1. The second-order valence-corrected chi connectivity index (χ2v) is 5.07. The third kappa shape index (κ3) is 3.96. The average molecular weight is 265 g/mol. The predicted molar refractivity (Wildman–Crippen MR) is 75.4 cm³/mol. The van der Waals surface area contributed by atoms with Crippen LogP contribution in [0.2, 0.25) is 0 Å². The fourth-order valence-corrected chi connectivity index (χ4v) is 1.81. The standard InChI is InChI=1S/C15H23NO3/c1-15(2,14(17)19-5)16(3)10-9-12-7-6-8-13(11-12)18-4/h6-8,11H,9-10H2,1-5H3. The number of carbonyl (C=O) groups excluding carboxylic acids is 1. The molecule has 4 heteroatoms. The molecule has 0 aliphatic heterocycles. The average Bonchev–Trinajstić information content (AvgIpc) is 2.43. The lowest BCUT2D eigenvalue weighted by Gasteiger charge is -2.32. The van der Waals surface area contributed by atoms with Crippen LogP contribution in [0, 0.1) is 0 Å². The number of hydrogen-bond donors (Lipinski definition) is 0. The van der Waals surface area contributed by atoms with Gasteiger partial charge in [0.05, 0.1) is 14.2 Å². The predicted octanol–water partition coefficient (Wildman–Crippen LogP) is 2.12. The van der Waals surface area contributed by atoms with E-state index >= 15 is 0 Å². The summed E-state index contributed by atoms with van der Waals surface area (Å²) in [5, 5.41) is 0. The molecular formula is C15H23NO3. The van der Waals surface area contributed by atoms with Crippen LogP contribution in [0.15, 0.2) is 24.3 Å². The van der Waals surface area contributed by atoms with Crippen molar-refractivity contribution in [1.29, 1.82) is 0 Å². The van der Waals surface area contributed by atoms with Gasteiger partial charge in [-0.2, -0.15) is 0 Å².